The highest BCUT2D eigenvalue weighted by Gasteiger charge is 2.24. The first kappa shape index (κ1) is 19.8. The van der Waals surface area contributed by atoms with Crippen LogP contribution < -0.4 is 5.43 Å². The van der Waals surface area contributed by atoms with Gasteiger partial charge < -0.3 is 0 Å². The molecule has 3 aromatic carbocycles. The molecule has 1 fully saturated rings. The number of nitrogens with zero attached hydrogens (tertiary/aromatic N) is 2. The molecule has 29 heavy (non-hydrogen) atoms. The van der Waals surface area contributed by atoms with E-state index in [0.717, 1.165) is 42.5 Å². The van der Waals surface area contributed by atoms with Crippen LogP contribution in [0.3, 0.4) is 0 Å². The maximum Gasteiger partial charge on any atom is 0.243 e. The van der Waals surface area contributed by atoms with Crippen molar-refractivity contribution in [2.24, 2.45) is 11.0 Å². The Balaban J connectivity index is 1.26. The normalized spacial score (nSPS) is 15.8. The summed E-state index contributed by atoms with van der Waals surface area (Å²) in [5.74, 6) is 0.0512. The van der Waals surface area contributed by atoms with E-state index in [9.17, 15) is 4.79 Å². The second-order valence-corrected chi connectivity index (χ2v) is 8.43. The highest BCUT2D eigenvalue weighted by Crippen LogP contribution is 2.20. The summed E-state index contributed by atoms with van der Waals surface area (Å²) in [4.78, 5) is 14.9. The molecule has 1 amide bonds. The molecule has 0 radical (unpaired) electrons. The van der Waals surface area contributed by atoms with E-state index in [0.29, 0.717) is 0 Å². The van der Waals surface area contributed by atoms with Crippen LogP contribution in [-0.4, -0.2) is 30.1 Å². The first-order valence-corrected chi connectivity index (χ1v) is 10.8. The van der Waals surface area contributed by atoms with Crippen LogP contribution in [0.25, 0.3) is 10.8 Å². The number of hydrazone groups is 1. The third kappa shape index (κ3) is 5.31. The third-order valence-corrected chi connectivity index (χ3v) is 5.97. The van der Waals surface area contributed by atoms with Crippen LogP contribution in [0.2, 0.25) is 0 Å². The number of carbonyl (C=O) groups is 1. The second-order valence-electron chi connectivity index (χ2n) is 7.52. The lowest BCUT2D eigenvalue weighted by Crippen LogP contribution is -2.39. The molecular weight excluding hydrogens is 426 g/mol. The fourth-order valence-electron chi connectivity index (χ4n) is 3.75. The van der Waals surface area contributed by atoms with E-state index >= 15 is 0 Å². The minimum Gasteiger partial charge on any atom is -0.299 e. The van der Waals surface area contributed by atoms with E-state index in [1.807, 2.05) is 18.2 Å². The van der Waals surface area contributed by atoms with E-state index in [-0.39, 0.29) is 11.8 Å². The van der Waals surface area contributed by atoms with Gasteiger partial charge in [0.15, 0.2) is 0 Å². The lowest BCUT2D eigenvalue weighted by Gasteiger charge is -2.30. The molecule has 0 saturated carbocycles. The zero-order valence-electron chi connectivity index (χ0n) is 16.2. The van der Waals surface area contributed by atoms with E-state index < -0.39 is 0 Å². The summed E-state index contributed by atoms with van der Waals surface area (Å²) in [5, 5.41) is 6.54. The third-order valence-electron chi connectivity index (χ3n) is 5.44. The van der Waals surface area contributed by atoms with Crippen molar-refractivity contribution >= 4 is 38.8 Å². The molecule has 0 unspecified atom stereocenters. The molecule has 1 heterocycles. The summed E-state index contributed by atoms with van der Waals surface area (Å²) in [6, 6.07) is 22.8. The van der Waals surface area contributed by atoms with Crippen LogP contribution in [0.15, 0.2) is 76.3 Å². The predicted molar refractivity (Wildman–Crippen MR) is 122 cm³/mol. The minimum atomic E-state index is 0.0188. The molecule has 1 saturated heterocycles. The molecule has 1 aliphatic heterocycles. The van der Waals surface area contributed by atoms with Crippen molar-refractivity contribution in [3.8, 4) is 0 Å². The summed E-state index contributed by atoms with van der Waals surface area (Å²) in [6.07, 6.45) is 3.45. The van der Waals surface area contributed by atoms with Crippen molar-refractivity contribution in [1.82, 2.24) is 10.3 Å². The van der Waals surface area contributed by atoms with Crippen LogP contribution in [0, 0.1) is 5.92 Å². The number of benzene rings is 3. The molecule has 3 aromatic rings. The molecule has 1 N–H and O–H groups in total. The van der Waals surface area contributed by atoms with Gasteiger partial charge in [0, 0.05) is 16.9 Å². The molecular formula is C24H24BrN3O. The van der Waals surface area contributed by atoms with Gasteiger partial charge in [-0.3, -0.25) is 9.69 Å². The fourth-order valence-corrected chi connectivity index (χ4v) is 4.02. The summed E-state index contributed by atoms with van der Waals surface area (Å²) < 4.78 is 1.10. The second kappa shape index (κ2) is 9.33. The van der Waals surface area contributed by atoms with Crippen LogP contribution in [0.4, 0.5) is 0 Å². The molecule has 148 valence electrons. The molecule has 4 rings (SSSR count). The smallest absolute Gasteiger partial charge is 0.243 e. The lowest BCUT2D eigenvalue weighted by molar-refractivity contribution is -0.126. The van der Waals surface area contributed by atoms with Crippen molar-refractivity contribution in [3.05, 3.63) is 82.3 Å². The average Bonchev–Trinajstić information content (AvgIpc) is 2.76. The molecule has 5 heteroatoms. The average molecular weight is 450 g/mol. The summed E-state index contributed by atoms with van der Waals surface area (Å²) in [5.41, 5.74) is 5.01. The number of rotatable bonds is 5. The van der Waals surface area contributed by atoms with Crippen molar-refractivity contribution < 1.29 is 4.79 Å². The number of amides is 1. The summed E-state index contributed by atoms with van der Waals surface area (Å²) in [7, 11) is 0. The zero-order chi connectivity index (χ0) is 20.1. The van der Waals surface area contributed by atoms with Crippen molar-refractivity contribution in [2.75, 3.05) is 13.1 Å². The number of carbonyl (C=O) groups excluding carboxylic acids is 1. The first-order chi connectivity index (χ1) is 14.2. The van der Waals surface area contributed by atoms with Crippen molar-refractivity contribution in [3.63, 3.8) is 0 Å². The molecule has 0 atom stereocenters. The van der Waals surface area contributed by atoms with Gasteiger partial charge in [-0.25, -0.2) is 5.43 Å². The Morgan fingerprint density at radius 2 is 1.76 bits per heavy atom. The predicted octanol–water partition coefficient (Wildman–Crippen LogP) is 4.96. The fraction of sp³-hybridized carbons (Fsp3) is 0.250. The van der Waals surface area contributed by atoms with Gasteiger partial charge >= 0.3 is 0 Å². The van der Waals surface area contributed by atoms with Gasteiger partial charge in [0.1, 0.15) is 0 Å². The van der Waals surface area contributed by atoms with Gasteiger partial charge in [0.2, 0.25) is 5.91 Å². The number of hydrogen-bond donors (Lipinski definition) is 1. The van der Waals surface area contributed by atoms with Gasteiger partial charge in [-0.2, -0.15) is 5.10 Å². The zero-order valence-corrected chi connectivity index (χ0v) is 17.8. The van der Waals surface area contributed by atoms with Crippen LogP contribution in [-0.2, 0) is 11.3 Å². The molecule has 4 nitrogen and oxygen atoms in total. The highest BCUT2D eigenvalue weighted by atomic mass is 79.9. The number of nitrogens with one attached hydrogen (secondary N) is 1. The van der Waals surface area contributed by atoms with Crippen LogP contribution in [0.5, 0.6) is 0 Å². The molecule has 1 aliphatic rings. The SMILES string of the molecule is O=C(N/N=C/c1ccc2ccccc2c1)C1CCN(Cc2ccc(Br)cc2)CC1. The van der Waals surface area contributed by atoms with Crippen LogP contribution in [0.1, 0.15) is 24.0 Å². The van der Waals surface area contributed by atoms with Gasteiger partial charge in [-0.1, -0.05) is 64.5 Å². The number of likely N-dealkylation sites (tertiary alicyclic amines) is 1. The van der Waals surface area contributed by atoms with Crippen molar-refractivity contribution in [2.45, 2.75) is 19.4 Å². The van der Waals surface area contributed by atoms with Gasteiger partial charge in [0.05, 0.1) is 6.21 Å². The number of fused-ring (bicyclic) bond motifs is 1. The topological polar surface area (TPSA) is 44.7 Å². The summed E-state index contributed by atoms with van der Waals surface area (Å²) >= 11 is 3.47. The minimum absolute atomic E-state index is 0.0188. The maximum absolute atomic E-state index is 12.5. The van der Waals surface area contributed by atoms with E-state index in [2.05, 4.69) is 79.9 Å². The first-order valence-electron chi connectivity index (χ1n) is 9.96. The van der Waals surface area contributed by atoms with Crippen LogP contribution >= 0.6 is 15.9 Å². The largest absolute Gasteiger partial charge is 0.299 e. The highest BCUT2D eigenvalue weighted by molar-refractivity contribution is 9.10. The lowest BCUT2D eigenvalue weighted by atomic mass is 9.96. The Labute approximate surface area is 179 Å². The monoisotopic (exact) mass is 449 g/mol. The number of halogens is 1. The van der Waals surface area contributed by atoms with Crippen molar-refractivity contribution in [1.29, 1.82) is 0 Å². The Morgan fingerprint density at radius 3 is 2.52 bits per heavy atom. The van der Waals surface area contributed by atoms with Gasteiger partial charge in [-0.15, -0.1) is 0 Å². The van der Waals surface area contributed by atoms with E-state index in [4.69, 9.17) is 0 Å². The maximum atomic E-state index is 12.5. The molecule has 0 spiro atoms. The molecule has 0 bridgehead atoms. The Hall–Kier alpha value is -2.50. The summed E-state index contributed by atoms with van der Waals surface area (Å²) in [6.45, 7) is 2.80. The number of hydrogen-bond acceptors (Lipinski definition) is 3. The Bertz CT molecular complexity index is 1010. The quantitative estimate of drug-likeness (QED) is 0.441. The Kier molecular flexibility index (Phi) is 6.37. The van der Waals surface area contributed by atoms with Gasteiger partial charge in [0.25, 0.3) is 0 Å². The van der Waals surface area contributed by atoms with E-state index in [1.165, 1.54) is 16.3 Å². The molecule has 0 aliphatic carbocycles. The Morgan fingerprint density at radius 1 is 1.03 bits per heavy atom. The molecule has 0 aromatic heterocycles. The standard InChI is InChI=1S/C24H24BrN3O/c25-23-9-6-18(7-10-23)17-28-13-11-21(12-14-28)24(29)27-26-16-19-5-8-20-3-1-2-4-22(20)15-19/h1-10,15-16,21H,11-14,17H2,(H,27,29)/b26-16+. The number of piperidine rings is 1. The van der Waals surface area contributed by atoms with Gasteiger partial charge in [-0.05, 0) is 66.0 Å². The van der Waals surface area contributed by atoms with E-state index in [1.54, 1.807) is 6.21 Å².